The Balaban J connectivity index is 1.88. The summed E-state index contributed by atoms with van der Waals surface area (Å²) in [7, 11) is -3.98. The molecule has 3 rings (SSSR count). The zero-order chi connectivity index (χ0) is 24.0. The summed E-state index contributed by atoms with van der Waals surface area (Å²) in [6, 6.07) is 18.0. The third kappa shape index (κ3) is 6.57. The number of carbonyl (C=O) groups excluding carboxylic acids is 1. The number of rotatable bonds is 9. The van der Waals surface area contributed by atoms with Crippen LogP contribution in [0.1, 0.15) is 23.6 Å². The van der Waals surface area contributed by atoms with Crippen molar-refractivity contribution in [2.75, 3.05) is 11.9 Å². The molecular formula is C25H27ClN2O4S. The maximum Gasteiger partial charge on any atom is 0.242 e. The smallest absolute Gasteiger partial charge is 0.242 e. The molecule has 0 heterocycles. The molecule has 0 unspecified atom stereocenters. The normalized spacial score (nSPS) is 12.2. The van der Waals surface area contributed by atoms with Gasteiger partial charge in [-0.25, -0.2) is 8.42 Å². The molecule has 2 N–H and O–H groups in total. The van der Waals surface area contributed by atoms with E-state index < -0.39 is 22.0 Å². The van der Waals surface area contributed by atoms with Crippen LogP contribution >= 0.6 is 11.6 Å². The second-order valence-corrected chi connectivity index (χ2v) is 9.82. The Morgan fingerprint density at radius 1 is 1.00 bits per heavy atom. The van der Waals surface area contributed by atoms with Crippen LogP contribution in [0.4, 0.5) is 5.69 Å². The van der Waals surface area contributed by atoms with Gasteiger partial charge in [0.05, 0.1) is 11.5 Å². The molecule has 0 aliphatic rings. The topological polar surface area (TPSA) is 84.5 Å². The van der Waals surface area contributed by atoms with Crippen molar-refractivity contribution in [2.24, 2.45) is 0 Å². The maximum absolute atomic E-state index is 13.2. The van der Waals surface area contributed by atoms with Gasteiger partial charge in [0.1, 0.15) is 11.8 Å². The lowest BCUT2D eigenvalue weighted by atomic mass is 10.1. The Hall–Kier alpha value is -2.87. The van der Waals surface area contributed by atoms with Crippen LogP contribution in [0.15, 0.2) is 71.6 Å². The van der Waals surface area contributed by atoms with Gasteiger partial charge in [0.25, 0.3) is 0 Å². The van der Waals surface area contributed by atoms with Crippen LogP contribution in [0.25, 0.3) is 0 Å². The summed E-state index contributed by atoms with van der Waals surface area (Å²) in [5.74, 6) is 0.156. The molecule has 0 fully saturated rings. The molecule has 0 bridgehead atoms. The highest BCUT2D eigenvalue weighted by atomic mass is 35.5. The summed E-state index contributed by atoms with van der Waals surface area (Å²) in [4.78, 5) is 13.2. The van der Waals surface area contributed by atoms with Crippen molar-refractivity contribution in [1.82, 2.24) is 4.72 Å². The van der Waals surface area contributed by atoms with Crippen molar-refractivity contribution < 1.29 is 17.9 Å². The maximum atomic E-state index is 13.2. The van der Waals surface area contributed by atoms with Crippen LogP contribution in [-0.4, -0.2) is 27.0 Å². The fraction of sp³-hybridized carbons (Fsp3) is 0.240. The molecule has 0 spiro atoms. The van der Waals surface area contributed by atoms with Crippen molar-refractivity contribution in [1.29, 1.82) is 0 Å². The zero-order valence-electron chi connectivity index (χ0n) is 18.8. The first-order valence-corrected chi connectivity index (χ1v) is 12.4. The van der Waals surface area contributed by atoms with Crippen molar-refractivity contribution in [3.63, 3.8) is 0 Å². The van der Waals surface area contributed by atoms with E-state index in [-0.39, 0.29) is 11.3 Å². The van der Waals surface area contributed by atoms with E-state index in [0.717, 1.165) is 11.1 Å². The summed E-state index contributed by atoms with van der Waals surface area (Å²) >= 11 is 6.01. The Morgan fingerprint density at radius 2 is 1.73 bits per heavy atom. The van der Waals surface area contributed by atoms with Gasteiger partial charge in [0.2, 0.25) is 15.9 Å². The Labute approximate surface area is 200 Å². The van der Waals surface area contributed by atoms with E-state index in [4.69, 9.17) is 16.3 Å². The minimum atomic E-state index is -3.98. The third-order valence-electron chi connectivity index (χ3n) is 5.10. The monoisotopic (exact) mass is 486 g/mol. The number of hydrogen-bond acceptors (Lipinski definition) is 4. The van der Waals surface area contributed by atoms with E-state index in [2.05, 4.69) is 10.0 Å². The second kappa shape index (κ2) is 10.8. The fourth-order valence-corrected chi connectivity index (χ4v) is 4.89. The number of benzene rings is 3. The molecule has 3 aromatic rings. The van der Waals surface area contributed by atoms with Crippen molar-refractivity contribution in [2.45, 2.75) is 38.1 Å². The van der Waals surface area contributed by atoms with Crippen LogP contribution in [0.3, 0.4) is 0 Å². The minimum Gasteiger partial charge on any atom is -0.494 e. The minimum absolute atomic E-state index is 0.0667. The van der Waals surface area contributed by atoms with Crippen molar-refractivity contribution in [3.8, 4) is 5.75 Å². The summed E-state index contributed by atoms with van der Waals surface area (Å²) < 4.78 is 34.4. The van der Waals surface area contributed by atoms with E-state index in [1.165, 1.54) is 12.1 Å². The molecule has 0 radical (unpaired) electrons. The average Bonchev–Trinajstić information content (AvgIpc) is 2.77. The molecule has 0 aliphatic carbocycles. The van der Waals surface area contributed by atoms with Crippen LogP contribution in [0.2, 0.25) is 5.02 Å². The van der Waals surface area contributed by atoms with Crippen LogP contribution in [0, 0.1) is 13.8 Å². The number of amides is 1. The molecule has 6 nitrogen and oxygen atoms in total. The highest BCUT2D eigenvalue weighted by molar-refractivity contribution is 7.89. The molecular weight excluding hydrogens is 460 g/mol. The summed E-state index contributed by atoms with van der Waals surface area (Å²) in [6.45, 7) is 5.94. The van der Waals surface area contributed by atoms with Gasteiger partial charge < -0.3 is 10.1 Å². The summed E-state index contributed by atoms with van der Waals surface area (Å²) in [5.41, 5.74) is 2.87. The molecule has 0 saturated heterocycles. The molecule has 174 valence electrons. The standard InChI is InChI=1S/C25H27ClN2O4S/c1-4-32-24-13-11-21(15-18(24)3)33(30,31)28-23(16-19-8-6-5-7-9-19)25(29)27-22-12-10-20(26)14-17(22)2/h5-15,23,28H,4,16H2,1-3H3,(H,27,29)/t23-/m1/s1. The summed E-state index contributed by atoms with van der Waals surface area (Å²) in [6.07, 6.45) is 0.189. The molecule has 0 aliphatic heterocycles. The van der Waals surface area contributed by atoms with Gasteiger partial charge in [-0.2, -0.15) is 4.72 Å². The number of anilines is 1. The number of sulfonamides is 1. The van der Waals surface area contributed by atoms with E-state index in [1.807, 2.05) is 44.2 Å². The van der Waals surface area contributed by atoms with Crippen LogP contribution in [-0.2, 0) is 21.2 Å². The fourth-order valence-electron chi connectivity index (χ4n) is 3.39. The zero-order valence-corrected chi connectivity index (χ0v) is 20.3. The quantitative estimate of drug-likeness (QED) is 0.451. The predicted molar refractivity (Wildman–Crippen MR) is 131 cm³/mol. The molecule has 0 aromatic heterocycles. The predicted octanol–water partition coefficient (Wildman–Crippen LogP) is 4.88. The first kappa shape index (κ1) is 24.8. The van der Waals surface area contributed by atoms with Crippen molar-refractivity contribution >= 4 is 33.2 Å². The highest BCUT2D eigenvalue weighted by Gasteiger charge is 2.27. The summed E-state index contributed by atoms with van der Waals surface area (Å²) in [5, 5.41) is 3.38. The molecule has 3 aromatic carbocycles. The lowest BCUT2D eigenvalue weighted by Gasteiger charge is -2.20. The lowest BCUT2D eigenvalue weighted by Crippen LogP contribution is -2.45. The second-order valence-electron chi connectivity index (χ2n) is 7.67. The van der Waals surface area contributed by atoms with Gasteiger partial charge in [0, 0.05) is 10.7 Å². The Bertz CT molecular complexity index is 1230. The SMILES string of the molecule is CCOc1ccc(S(=O)(=O)N[C@H](Cc2ccccc2)C(=O)Nc2ccc(Cl)cc2C)cc1C. The van der Waals surface area contributed by atoms with E-state index in [9.17, 15) is 13.2 Å². The number of ether oxygens (including phenoxy) is 1. The Morgan fingerprint density at radius 3 is 2.36 bits per heavy atom. The average molecular weight is 487 g/mol. The molecule has 1 atom stereocenters. The molecule has 8 heteroatoms. The van der Waals surface area contributed by atoms with E-state index in [0.29, 0.717) is 28.6 Å². The Kier molecular flexibility index (Phi) is 8.13. The first-order valence-electron chi connectivity index (χ1n) is 10.6. The lowest BCUT2D eigenvalue weighted by molar-refractivity contribution is -0.117. The highest BCUT2D eigenvalue weighted by Crippen LogP contribution is 2.23. The van der Waals surface area contributed by atoms with Gasteiger partial charge in [-0.05, 0) is 80.3 Å². The van der Waals surface area contributed by atoms with Gasteiger partial charge in [-0.1, -0.05) is 41.9 Å². The van der Waals surface area contributed by atoms with Gasteiger partial charge in [-0.3, -0.25) is 4.79 Å². The van der Waals surface area contributed by atoms with Crippen LogP contribution < -0.4 is 14.8 Å². The third-order valence-corrected chi connectivity index (χ3v) is 6.80. The number of aryl methyl sites for hydroxylation is 2. The number of carbonyl (C=O) groups is 1. The largest absolute Gasteiger partial charge is 0.494 e. The molecule has 1 amide bonds. The van der Waals surface area contributed by atoms with E-state index >= 15 is 0 Å². The molecule has 0 saturated carbocycles. The van der Waals surface area contributed by atoms with Crippen molar-refractivity contribution in [3.05, 3.63) is 88.4 Å². The van der Waals surface area contributed by atoms with Gasteiger partial charge >= 0.3 is 0 Å². The van der Waals surface area contributed by atoms with Gasteiger partial charge in [-0.15, -0.1) is 0 Å². The number of hydrogen-bond donors (Lipinski definition) is 2. The van der Waals surface area contributed by atoms with E-state index in [1.54, 1.807) is 31.2 Å². The van der Waals surface area contributed by atoms with Crippen LogP contribution in [0.5, 0.6) is 5.75 Å². The number of nitrogens with one attached hydrogen (secondary N) is 2. The number of halogens is 1. The van der Waals surface area contributed by atoms with Gasteiger partial charge in [0.15, 0.2) is 0 Å². The molecule has 33 heavy (non-hydrogen) atoms. The first-order chi connectivity index (χ1) is 15.7.